The standard InChI is InChI=1S/C16H26N2/c1-18(2)16-11-9-14(10-12-16)6-5-13-17-15-7-3-4-8-15/h9-12,15,17H,3-8,13H2,1-2H3. The molecule has 1 N–H and O–H groups in total. The Bertz CT molecular complexity index is 337. The van der Waals surface area contributed by atoms with E-state index in [2.05, 4.69) is 48.6 Å². The summed E-state index contributed by atoms with van der Waals surface area (Å²) in [6.45, 7) is 1.17. The molecule has 0 aromatic heterocycles. The van der Waals surface area contributed by atoms with Crippen molar-refractivity contribution in [1.82, 2.24) is 5.32 Å². The summed E-state index contributed by atoms with van der Waals surface area (Å²) in [4.78, 5) is 2.14. The second-order valence-corrected chi connectivity index (χ2v) is 5.60. The third-order valence-electron chi connectivity index (χ3n) is 3.88. The molecule has 1 aliphatic rings. The van der Waals surface area contributed by atoms with E-state index < -0.39 is 0 Å². The number of benzene rings is 1. The Balaban J connectivity index is 1.66. The predicted octanol–water partition coefficient (Wildman–Crippen LogP) is 3.22. The first-order chi connectivity index (χ1) is 8.75. The number of rotatable bonds is 6. The van der Waals surface area contributed by atoms with Gasteiger partial charge in [-0.2, -0.15) is 0 Å². The minimum Gasteiger partial charge on any atom is -0.378 e. The van der Waals surface area contributed by atoms with E-state index in [1.165, 1.54) is 56.3 Å². The first-order valence-electron chi connectivity index (χ1n) is 7.25. The van der Waals surface area contributed by atoms with Crippen molar-refractivity contribution in [1.29, 1.82) is 0 Å². The maximum Gasteiger partial charge on any atom is 0.0361 e. The van der Waals surface area contributed by atoms with Gasteiger partial charge in [-0.1, -0.05) is 25.0 Å². The molecule has 0 radical (unpaired) electrons. The van der Waals surface area contributed by atoms with Crippen LogP contribution in [-0.2, 0) is 6.42 Å². The van der Waals surface area contributed by atoms with Gasteiger partial charge in [0.05, 0.1) is 0 Å². The maximum absolute atomic E-state index is 3.67. The van der Waals surface area contributed by atoms with Crippen LogP contribution >= 0.6 is 0 Å². The fraction of sp³-hybridized carbons (Fsp3) is 0.625. The van der Waals surface area contributed by atoms with Gasteiger partial charge in [-0.25, -0.2) is 0 Å². The molecular weight excluding hydrogens is 220 g/mol. The van der Waals surface area contributed by atoms with Gasteiger partial charge in [-0.05, 0) is 49.9 Å². The average Bonchev–Trinajstić information content (AvgIpc) is 2.88. The molecule has 1 aromatic rings. The quantitative estimate of drug-likeness (QED) is 0.775. The number of nitrogens with zero attached hydrogens (tertiary/aromatic N) is 1. The number of hydrogen-bond donors (Lipinski definition) is 1. The van der Waals surface area contributed by atoms with Gasteiger partial charge in [0.2, 0.25) is 0 Å². The first kappa shape index (κ1) is 13.4. The summed E-state index contributed by atoms with van der Waals surface area (Å²) in [7, 11) is 4.17. The van der Waals surface area contributed by atoms with Crippen LogP contribution in [0, 0.1) is 0 Å². The summed E-state index contributed by atoms with van der Waals surface area (Å²) in [5.74, 6) is 0. The minimum absolute atomic E-state index is 0.807. The van der Waals surface area contributed by atoms with Crippen molar-refractivity contribution in [2.24, 2.45) is 0 Å². The topological polar surface area (TPSA) is 15.3 Å². The second kappa shape index (κ2) is 6.79. The van der Waals surface area contributed by atoms with Crippen molar-refractivity contribution in [3.8, 4) is 0 Å². The van der Waals surface area contributed by atoms with Gasteiger partial charge in [-0.15, -0.1) is 0 Å². The molecule has 0 spiro atoms. The first-order valence-corrected chi connectivity index (χ1v) is 7.25. The Labute approximate surface area is 111 Å². The summed E-state index contributed by atoms with van der Waals surface area (Å²) < 4.78 is 0. The molecule has 1 aliphatic carbocycles. The van der Waals surface area contributed by atoms with Gasteiger partial charge in [0.25, 0.3) is 0 Å². The number of aryl methyl sites for hydroxylation is 1. The van der Waals surface area contributed by atoms with Crippen LogP contribution in [-0.4, -0.2) is 26.7 Å². The second-order valence-electron chi connectivity index (χ2n) is 5.60. The van der Waals surface area contributed by atoms with Gasteiger partial charge in [0.15, 0.2) is 0 Å². The highest BCUT2D eigenvalue weighted by Gasteiger charge is 2.13. The zero-order chi connectivity index (χ0) is 12.8. The van der Waals surface area contributed by atoms with Crippen LogP contribution in [0.3, 0.4) is 0 Å². The van der Waals surface area contributed by atoms with Gasteiger partial charge in [0.1, 0.15) is 0 Å². The largest absolute Gasteiger partial charge is 0.378 e. The Hall–Kier alpha value is -1.02. The van der Waals surface area contributed by atoms with Crippen molar-refractivity contribution in [2.45, 2.75) is 44.6 Å². The van der Waals surface area contributed by atoms with Crippen LogP contribution in [0.5, 0.6) is 0 Å². The van der Waals surface area contributed by atoms with Gasteiger partial charge in [-0.3, -0.25) is 0 Å². The molecule has 1 saturated carbocycles. The lowest BCUT2D eigenvalue weighted by Gasteiger charge is -2.13. The summed E-state index contributed by atoms with van der Waals surface area (Å²) in [5, 5.41) is 3.67. The number of anilines is 1. The van der Waals surface area contributed by atoms with E-state index in [-0.39, 0.29) is 0 Å². The highest BCUT2D eigenvalue weighted by Crippen LogP contribution is 2.17. The van der Waals surface area contributed by atoms with Crippen LogP contribution in [0.1, 0.15) is 37.7 Å². The third kappa shape index (κ3) is 4.02. The van der Waals surface area contributed by atoms with Crippen LogP contribution in [0.4, 0.5) is 5.69 Å². The third-order valence-corrected chi connectivity index (χ3v) is 3.88. The van der Waals surface area contributed by atoms with E-state index in [0.29, 0.717) is 0 Å². The molecule has 2 nitrogen and oxygen atoms in total. The average molecular weight is 246 g/mol. The smallest absolute Gasteiger partial charge is 0.0361 e. The zero-order valence-electron chi connectivity index (χ0n) is 11.8. The molecular formula is C16H26N2. The molecule has 100 valence electrons. The fourth-order valence-electron chi connectivity index (χ4n) is 2.69. The maximum atomic E-state index is 3.67. The highest BCUT2D eigenvalue weighted by atomic mass is 15.1. The summed E-state index contributed by atoms with van der Waals surface area (Å²) >= 11 is 0. The van der Waals surface area contributed by atoms with Crippen LogP contribution in [0.2, 0.25) is 0 Å². The lowest BCUT2D eigenvalue weighted by atomic mass is 10.1. The molecule has 0 atom stereocenters. The summed E-state index contributed by atoms with van der Waals surface area (Å²) in [6, 6.07) is 9.73. The lowest BCUT2D eigenvalue weighted by molar-refractivity contribution is 0.515. The number of hydrogen-bond acceptors (Lipinski definition) is 2. The molecule has 1 aromatic carbocycles. The van der Waals surface area contributed by atoms with Gasteiger partial charge in [0, 0.05) is 25.8 Å². The van der Waals surface area contributed by atoms with E-state index in [1.807, 2.05) is 0 Å². The minimum atomic E-state index is 0.807. The molecule has 0 saturated heterocycles. The molecule has 0 unspecified atom stereocenters. The summed E-state index contributed by atoms with van der Waals surface area (Å²) in [5.41, 5.74) is 2.73. The van der Waals surface area contributed by atoms with Gasteiger partial charge < -0.3 is 10.2 Å². The van der Waals surface area contributed by atoms with Crippen molar-refractivity contribution < 1.29 is 0 Å². The van der Waals surface area contributed by atoms with Crippen LogP contribution < -0.4 is 10.2 Å². The van der Waals surface area contributed by atoms with Crippen molar-refractivity contribution in [2.75, 3.05) is 25.5 Å². The molecule has 0 aliphatic heterocycles. The molecule has 0 amide bonds. The van der Waals surface area contributed by atoms with E-state index >= 15 is 0 Å². The molecule has 0 bridgehead atoms. The predicted molar refractivity (Wildman–Crippen MR) is 79.3 cm³/mol. The Morgan fingerprint density at radius 1 is 1.11 bits per heavy atom. The number of nitrogens with one attached hydrogen (secondary N) is 1. The SMILES string of the molecule is CN(C)c1ccc(CCCNC2CCCC2)cc1. The van der Waals surface area contributed by atoms with Crippen LogP contribution in [0.25, 0.3) is 0 Å². The zero-order valence-corrected chi connectivity index (χ0v) is 11.8. The summed E-state index contributed by atoms with van der Waals surface area (Å²) in [6.07, 6.45) is 8.05. The highest BCUT2D eigenvalue weighted by molar-refractivity contribution is 5.45. The monoisotopic (exact) mass is 246 g/mol. The Morgan fingerprint density at radius 2 is 1.78 bits per heavy atom. The molecule has 1 fully saturated rings. The Morgan fingerprint density at radius 3 is 2.39 bits per heavy atom. The van der Waals surface area contributed by atoms with E-state index in [9.17, 15) is 0 Å². The van der Waals surface area contributed by atoms with Crippen molar-refractivity contribution >= 4 is 5.69 Å². The van der Waals surface area contributed by atoms with Crippen molar-refractivity contribution in [3.63, 3.8) is 0 Å². The molecule has 0 heterocycles. The van der Waals surface area contributed by atoms with E-state index in [1.54, 1.807) is 0 Å². The van der Waals surface area contributed by atoms with E-state index in [4.69, 9.17) is 0 Å². The fourth-order valence-corrected chi connectivity index (χ4v) is 2.69. The van der Waals surface area contributed by atoms with Crippen LogP contribution in [0.15, 0.2) is 24.3 Å². The lowest BCUT2D eigenvalue weighted by Crippen LogP contribution is -2.27. The molecule has 2 rings (SSSR count). The van der Waals surface area contributed by atoms with E-state index in [0.717, 1.165) is 6.04 Å². The van der Waals surface area contributed by atoms with Gasteiger partial charge >= 0.3 is 0 Å². The molecule has 2 heteroatoms. The molecule has 18 heavy (non-hydrogen) atoms. The van der Waals surface area contributed by atoms with Crippen molar-refractivity contribution in [3.05, 3.63) is 29.8 Å². The normalized spacial score (nSPS) is 16.1. The Kier molecular flexibility index (Phi) is 5.06.